The van der Waals surface area contributed by atoms with Crippen molar-refractivity contribution in [1.82, 2.24) is 9.78 Å². The van der Waals surface area contributed by atoms with E-state index in [9.17, 15) is 13.6 Å². The van der Waals surface area contributed by atoms with Crippen LogP contribution < -0.4 is 5.32 Å². The molecule has 0 saturated heterocycles. The molecule has 0 spiro atoms. The lowest BCUT2D eigenvalue weighted by Crippen LogP contribution is -2.13. The fraction of sp³-hybridized carbons (Fsp3) is 0.412. The maximum atomic E-state index is 13.3. The molecule has 0 radical (unpaired) electrons. The Morgan fingerprint density at radius 1 is 1.29 bits per heavy atom. The summed E-state index contributed by atoms with van der Waals surface area (Å²) >= 11 is 5.86. The van der Waals surface area contributed by atoms with Crippen LogP contribution >= 0.6 is 11.6 Å². The lowest BCUT2D eigenvalue weighted by atomic mass is 9.96. The van der Waals surface area contributed by atoms with E-state index < -0.39 is 18.0 Å². The molecule has 1 aliphatic carbocycles. The third-order valence-corrected chi connectivity index (χ3v) is 4.49. The van der Waals surface area contributed by atoms with E-state index in [1.165, 1.54) is 12.3 Å². The number of aromatic nitrogens is 2. The quantitative estimate of drug-likeness (QED) is 0.817. The van der Waals surface area contributed by atoms with Gasteiger partial charge in [-0.25, -0.2) is 8.78 Å². The molecule has 1 saturated carbocycles. The van der Waals surface area contributed by atoms with Crippen LogP contribution in [-0.2, 0) is 0 Å². The predicted octanol–water partition coefficient (Wildman–Crippen LogP) is 5.23. The highest BCUT2D eigenvalue weighted by molar-refractivity contribution is 6.31. The van der Waals surface area contributed by atoms with E-state index in [4.69, 9.17) is 11.6 Å². The molecule has 4 nitrogen and oxygen atoms in total. The fourth-order valence-corrected chi connectivity index (χ4v) is 3.21. The zero-order chi connectivity index (χ0) is 17.1. The monoisotopic (exact) mass is 353 g/mol. The Morgan fingerprint density at radius 3 is 2.71 bits per heavy atom. The van der Waals surface area contributed by atoms with E-state index in [-0.39, 0.29) is 11.7 Å². The number of nitrogens with zero attached hydrogens (tertiary/aromatic N) is 2. The van der Waals surface area contributed by atoms with Gasteiger partial charge in [-0.15, -0.1) is 0 Å². The second-order valence-electron chi connectivity index (χ2n) is 5.97. The van der Waals surface area contributed by atoms with Gasteiger partial charge in [0, 0.05) is 16.8 Å². The minimum Gasteiger partial charge on any atom is -0.319 e. The SMILES string of the molecule is O=C(Nc1cn(C2CCCCC2)nc1C(F)F)c1cccc(Cl)c1. The molecule has 1 heterocycles. The van der Waals surface area contributed by atoms with Crippen LogP contribution in [0.2, 0.25) is 5.02 Å². The van der Waals surface area contributed by atoms with Gasteiger partial charge in [0.2, 0.25) is 0 Å². The number of nitrogens with one attached hydrogen (secondary N) is 1. The van der Waals surface area contributed by atoms with Crippen LogP contribution in [0, 0.1) is 0 Å². The van der Waals surface area contributed by atoms with E-state index in [1.54, 1.807) is 22.9 Å². The summed E-state index contributed by atoms with van der Waals surface area (Å²) in [6, 6.07) is 6.47. The Hall–Kier alpha value is -1.95. The van der Waals surface area contributed by atoms with Crippen LogP contribution in [0.3, 0.4) is 0 Å². The minimum absolute atomic E-state index is 0.0561. The van der Waals surface area contributed by atoms with Crippen LogP contribution in [0.25, 0.3) is 0 Å². The molecule has 7 heteroatoms. The Bertz CT molecular complexity index is 726. The number of rotatable bonds is 4. The van der Waals surface area contributed by atoms with E-state index in [1.807, 2.05) is 0 Å². The third-order valence-electron chi connectivity index (χ3n) is 4.25. The molecule has 1 aromatic carbocycles. The van der Waals surface area contributed by atoms with Crippen molar-refractivity contribution in [2.24, 2.45) is 0 Å². The Kier molecular flexibility index (Phi) is 5.14. The second kappa shape index (κ2) is 7.30. The summed E-state index contributed by atoms with van der Waals surface area (Å²) in [6.45, 7) is 0. The summed E-state index contributed by atoms with van der Waals surface area (Å²) in [5, 5.41) is 6.97. The third kappa shape index (κ3) is 3.75. The van der Waals surface area contributed by atoms with Gasteiger partial charge >= 0.3 is 0 Å². The number of carbonyl (C=O) groups is 1. The maximum absolute atomic E-state index is 13.3. The van der Waals surface area contributed by atoms with Gasteiger partial charge < -0.3 is 5.32 Å². The van der Waals surface area contributed by atoms with Crippen molar-refractivity contribution in [1.29, 1.82) is 0 Å². The van der Waals surface area contributed by atoms with Crippen molar-refractivity contribution >= 4 is 23.2 Å². The molecule has 1 amide bonds. The summed E-state index contributed by atoms with van der Waals surface area (Å²) in [5.41, 5.74) is -0.0235. The van der Waals surface area contributed by atoms with Crippen molar-refractivity contribution in [3.05, 3.63) is 46.7 Å². The summed E-state index contributed by atoms with van der Waals surface area (Å²) in [5.74, 6) is -0.484. The first-order valence-electron chi connectivity index (χ1n) is 7.98. The molecule has 24 heavy (non-hydrogen) atoms. The summed E-state index contributed by atoms with van der Waals surface area (Å²) in [6.07, 6.45) is 3.91. The molecule has 2 aromatic rings. The van der Waals surface area contributed by atoms with Crippen molar-refractivity contribution in [2.75, 3.05) is 5.32 Å². The van der Waals surface area contributed by atoms with Crippen LogP contribution in [0.15, 0.2) is 30.5 Å². The first kappa shape index (κ1) is 16.9. The molecule has 1 fully saturated rings. The first-order valence-corrected chi connectivity index (χ1v) is 8.36. The number of benzene rings is 1. The van der Waals surface area contributed by atoms with Crippen LogP contribution in [-0.4, -0.2) is 15.7 Å². The molecule has 1 aliphatic rings. The second-order valence-corrected chi connectivity index (χ2v) is 6.40. The van der Waals surface area contributed by atoms with Gasteiger partial charge in [0.05, 0.1) is 11.7 Å². The number of anilines is 1. The summed E-state index contributed by atoms with van der Waals surface area (Å²) in [7, 11) is 0. The lowest BCUT2D eigenvalue weighted by molar-refractivity contribution is 0.102. The van der Waals surface area contributed by atoms with Gasteiger partial charge in [0.25, 0.3) is 12.3 Å². The summed E-state index contributed by atoms with van der Waals surface area (Å²) in [4.78, 5) is 12.3. The van der Waals surface area contributed by atoms with Gasteiger partial charge in [-0.1, -0.05) is 36.9 Å². The van der Waals surface area contributed by atoms with Crippen molar-refractivity contribution in [3.8, 4) is 0 Å². The zero-order valence-corrected chi connectivity index (χ0v) is 13.8. The summed E-state index contributed by atoms with van der Waals surface area (Å²) < 4.78 is 28.1. The molecule has 128 valence electrons. The Morgan fingerprint density at radius 2 is 2.04 bits per heavy atom. The van der Waals surface area contributed by atoms with Crippen molar-refractivity contribution in [3.63, 3.8) is 0 Å². The van der Waals surface area contributed by atoms with Gasteiger partial charge in [0.15, 0.2) is 5.69 Å². The number of carbonyl (C=O) groups excluding carboxylic acids is 1. The lowest BCUT2D eigenvalue weighted by Gasteiger charge is -2.21. The normalized spacial score (nSPS) is 15.7. The fourth-order valence-electron chi connectivity index (χ4n) is 3.02. The molecular weight excluding hydrogens is 336 g/mol. The van der Waals surface area contributed by atoms with Crippen LogP contribution in [0.4, 0.5) is 14.5 Å². The molecule has 1 N–H and O–H groups in total. The van der Waals surface area contributed by atoms with Gasteiger partial charge in [0.1, 0.15) is 0 Å². The zero-order valence-electron chi connectivity index (χ0n) is 13.0. The minimum atomic E-state index is -2.75. The highest BCUT2D eigenvalue weighted by Crippen LogP contribution is 2.32. The number of amides is 1. The topological polar surface area (TPSA) is 46.9 Å². The Balaban J connectivity index is 1.83. The number of hydrogen-bond acceptors (Lipinski definition) is 2. The average Bonchev–Trinajstić information content (AvgIpc) is 3.00. The Labute approximate surface area is 143 Å². The van der Waals surface area contributed by atoms with Crippen molar-refractivity contribution in [2.45, 2.75) is 44.6 Å². The number of alkyl halides is 2. The average molecular weight is 354 g/mol. The maximum Gasteiger partial charge on any atom is 0.284 e. The highest BCUT2D eigenvalue weighted by Gasteiger charge is 2.24. The molecule has 0 atom stereocenters. The molecular formula is C17H18ClF2N3O. The van der Waals surface area contributed by atoms with Crippen LogP contribution in [0.1, 0.15) is 60.6 Å². The standard InChI is InChI=1S/C17H18ClF2N3O/c18-12-6-4-5-11(9-12)17(24)21-14-10-23(22-15(14)16(19)20)13-7-2-1-3-8-13/h4-6,9-10,13,16H,1-3,7-8H2,(H,21,24). The van der Waals surface area contributed by atoms with Gasteiger partial charge in [-0.05, 0) is 31.0 Å². The molecule has 3 rings (SSSR count). The molecule has 0 aliphatic heterocycles. The number of halogens is 3. The predicted molar refractivity (Wildman–Crippen MR) is 88.7 cm³/mol. The smallest absolute Gasteiger partial charge is 0.284 e. The molecule has 1 aromatic heterocycles. The first-order chi connectivity index (χ1) is 11.5. The van der Waals surface area contributed by atoms with Crippen molar-refractivity contribution < 1.29 is 13.6 Å². The van der Waals surface area contributed by atoms with Gasteiger partial charge in [-0.2, -0.15) is 5.10 Å². The largest absolute Gasteiger partial charge is 0.319 e. The van der Waals surface area contributed by atoms with E-state index in [0.717, 1.165) is 32.1 Å². The van der Waals surface area contributed by atoms with Gasteiger partial charge in [-0.3, -0.25) is 9.48 Å². The van der Waals surface area contributed by atoms with E-state index in [2.05, 4.69) is 10.4 Å². The van der Waals surface area contributed by atoms with Crippen LogP contribution in [0.5, 0.6) is 0 Å². The van der Waals surface area contributed by atoms with E-state index in [0.29, 0.717) is 10.6 Å². The highest BCUT2D eigenvalue weighted by atomic mass is 35.5. The molecule has 0 bridgehead atoms. The molecule has 0 unspecified atom stereocenters. The number of hydrogen-bond donors (Lipinski definition) is 1. The van der Waals surface area contributed by atoms with E-state index >= 15 is 0 Å².